The number of hydrogen-bond donors (Lipinski definition) is 3. The predicted molar refractivity (Wildman–Crippen MR) is 164 cm³/mol. The highest BCUT2D eigenvalue weighted by Crippen LogP contribution is 2.28. The van der Waals surface area contributed by atoms with Crippen LogP contribution < -0.4 is 20.1 Å². The third-order valence-electron chi connectivity index (χ3n) is 6.68. The number of rotatable bonds is 10. The summed E-state index contributed by atoms with van der Waals surface area (Å²) in [7, 11) is 0. The molecule has 2 aromatic rings. The molecule has 1 atom stereocenters. The number of benzene rings is 1. The van der Waals surface area contributed by atoms with Crippen molar-refractivity contribution in [2.75, 3.05) is 32.8 Å². The number of morpholine rings is 1. The Hall–Kier alpha value is -3.48. The van der Waals surface area contributed by atoms with E-state index in [1.165, 1.54) is 0 Å². The zero-order valence-corrected chi connectivity index (χ0v) is 26.4. The second kappa shape index (κ2) is 14.8. The molecule has 1 aromatic carbocycles. The van der Waals surface area contributed by atoms with Crippen LogP contribution in [-0.2, 0) is 32.0 Å². The molecule has 2 aliphatic rings. The van der Waals surface area contributed by atoms with E-state index in [4.69, 9.17) is 25.8 Å². The van der Waals surface area contributed by atoms with Crippen LogP contribution in [0.15, 0.2) is 52.8 Å². The summed E-state index contributed by atoms with van der Waals surface area (Å²) in [5, 5.41) is 6.65. The van der Waals surface area contributed by atoms with Gasteiger partial charge in [0, 0.05) is 53.4 Å². The molecular weight excluding hydrogens is 594 g/mol. The number of pyridine rings is 1. The number of nitrogens with zero attached hydrogens (tertiary/aromatic N) is 2. The van der Waals surface area contributed by atoms with Gasteiger partial charge in [0.25, 0.3) is 11.8 Å². The second-order valence-electron chi connectivity index (χ2n) is 11.0. The fourth-order valence-electron chi connectivity index (χ4n) is 4.58. The van der Waals surface area contributed by atoms with Crippen LogP contribution in [0.4, 0.5) is 4.79 Å². The van der Waals surface area contributed by atoms with E-state index in [1.807, 2.05) is 52.0 Å². The number of hydrogen-bond acceptors (Lipinski definition) is 9. The third kappa shape index (κ3) is 9.01. The summed E-state index contributed by atoms with van der Waals surface area (Å²) in [6.07, 6.45) is 3.70. The normalized spacial score (nSPS) is 17.3. The minimum Gasteiger partial charge on any atom is -0.489 e. The molecule has 0 saturated carbocycles. The SMILES string of the molecule is CCc1c(Cl)cccc1SNC(=O)C1=C(NCc2ccncc2OC[C@H]2CN(C(=O)OC(C)(C)C)CCO2)CCNC1=O. The molecule has 232 valence electrons. The van der Waals surface area contributed by atoms with Crippen molar-refractivity contribution in [3.63, 3.8) is 0 Å². The Labute approximate surface area is 261 Å². The van der Waals surface area contributed by atoms with Crippen molar-refractivity contribution < 1.29 is 28.6 Å². The molecule has 0 aliphatic carbocycles. The summed E-state index contributed by atoms with van der Waals surface area (Å²) < 4.78 is 20.2. The number of ether oxygens (including phenoxy) is 3. The van der Waals surface area contributed by atoms with Crippen molar-refractivity contribution in [2.24, 2.45) is 0 Å². The summed E-state index contributed by atoms with van der Waals surface area (Å²) in [5.41, 5.74) is 1.70. The molecule has 1 saturated heterocycles. The largest absolute Gasteiger partial charge is 0.489 e. The average molecular weight is 632 g/mol. The minimum absolute atomic E-state index is 0.0354. The van der Waals surface area contributed by atoms with Gasteiger partial charge in [0.2, 0.25) is 0 Å². The fourth-order valence-corrected chi connectivity index (χ4v) is 5.77. The Balaban J connectivity index is 1.39. The smallest absolute Gasteiger partial charge is 0.410 e. The van der Waals surface area contributed by atoms with Gasteiger partial charge in [-0.2, -0.15) is 0 Å². The van der Waals surface area contributed by atoms with E-state index >= 15 is 0 Å². The van der Waals surface area contributed by atoms with Gasteiger partial charge < -0.3 is 29.7 Å². The van der Waals surface area contributed by atoms with Gasteiger partial charge in [-0.15, -0.1) is 0 Å². The molecule has 2 aliphatic heterocycles. The van der Waals surface area contributed by atoms with Gasteiger partial charge in [-0.3, -0.25) is 19.3 Å². The number of halogens is 1. The van der Waals surface area contributed by atoms with Crippen molar-refractivity contribution in [3.05, 3.63) is 64.1 Å². The van der Waals surface area contributed by atoms with Crippen LogP contribution in [0.5, 0.6) is 5.75 Å². The zero-order chi connectivity index (χ0) is 31.0. The number of aromatic nitrogens is 1. The van der Waals surface area contributed by atoms with E-state index in [-0.39, 0.29) is 24.4 Å². The van der Waals surface area contributed by atoms with E-state index in [1.54, 1.807) is 17.3 Å². The first-order valence-corrected chi connectivity index (χ1v) is 15.4. The van der Waals surface area contributed by atoms with Gasteiger partial charge in [-0.05, 0) is 62.9 Å². The van der Waals surface area contributed by atoms with Crippen LogP contribution in [0.1, 0.15) is 45.2 Å². The van der Waals surface area contributed by atoms with Gasteiger partial charge >= 0.3 is 6.09 Å². The maximum absolute atomic E-state index is 13.2. The van der Waals surface area contributed by atoms with E-state index in [2.05, 4.69) is 20.3 Å². The molecule has 11 nitrogen and oxygen atoms in total. The minimum atomic E-state index is -0.582. The molecule has 3 heterocycles. The number of nitrogens with one attached hydrogen (secondary N) is 3. The molecule has 1 aromatic heterocycles. The topological polar surface area (TPSA) is 131 Å². The molecule has 4 rings (SSSR count). The van der Waals surface area contributed by atoms with Crippen LogP contribution in [0.3, 0.4) is 0 Å². The van der Waals surface area contributed by atoms with Crippen LogP contribution in [-0.4, -0.2) is 72.3 Å². The van der Waals surface area contributed by atoms with Gasteiger partial charge in [-0.25, -0.2) is 4.79 Å². The third-order valence-corrected chi connectivity index (χ3v) is 7.92. The summed E-state index contributed by atoms with van der Waals surface area (Å²) >= 11 is 7.44. The van der Waals surface area contributed by atoms with Crippen molar-refractivity contribution >= 4 is 41.5 Å². The molecule has 43 heavy (non-hydrogen) atoms. The molecule has 3 amide bonds. The van der Waals surface area contributed by atoms with Crippen LogP contribution in [0, 0.1) is 0 Å². The lowest BCUT2D eigenvalue weighted by molar-refractivity contribution is -0.123. The molecule has 0 unspecified atom stereocenters. The lowest BCUT2D eigenvalue weighted by Gasteiger charge is -2.34. The Morgan fingerprint density at radius 1 is 1.28 bits per heavy atom. The Morgan fingerprint density at radius 3 is 2.86 bits per heavy atom. The Morgan fingerprint density at radius 2 is 2.09 bits per heavy atom. The lowest BCUT2D eigenvalue weighted by atomic mass is 10.1. The van der Waals surface area contributed by atoms with E-state index in [0.29, 0.717) is 62.1 Å². The summed E-state index contributed by atoms with van der Waals surface area (Å²) in [5.74, 6) is -0.408. The van der Waals surface area contributed by atoms with Gasteiger partial charge in [0.15, 0.2) is 0 Å². The summed E-state index contributed by atoms with van der Waals surface area (Å²) in [4.78, 5) is 45.1. The molecule has 1 fully saturated rings. The van der Waals surface area contributed by atoms with Gasteiger partial charge in [-0.1, -0.05) is 24.6 Å². The maximum atomic E-state index is 13.2. The first-order chi connectivity index (χ1) is 20.6. The lowest BCUT2D eigenvalue weighted by Crippen LogP contribution is -2.49. The molecule has 0 bridgehead atoms. The standard InChI is InChI=1S/C30H38ClN5O6S/c1-5-21-22(31)7-6-8-25(21)43-35-28(38)26-23(10-12-33-27(26)37)34-15-19-9-11-32-16-24(19)41-18-20-17-36(13-14-40-20)29(39)42-30(2,3)4/h6-9,11,16,20,34H,5,10,12-15,17-18H2,1-4H3,(H,33,37)(H,35,38)/t20-/m1/s1. The molecule has 0 spiro atoms. The second-order valence-corrected chi connectivity index (χ2v) is 12.3. The van der Waals surface area contributed by atoms with Gasteiger partial charge in [0.1, 0.15) is 29.6 Å². The highest BCUT2D eigenvalue weighted by Gasteiger charge is 2.29. The highest BCUT2D eigenvalue weighted by atomic mass is 35.5. The Bertz CT molecular complexity index is 1360. The quantitative estimate of drug-likeness (QED) is 0.263. The van der Waals surface area contributed by atoms with Crippen LogP contribution in [0.2, 0.25) is 5.02 Å². The average Bonchev–Trinajstić information content (AvgIpc) is 2.97. The fraction of sp³-hybridized carbons (Fsp3) is 0.467. The van der Waals surface area contributed by atoms with Crippen molar-refractivity contribution in [3.8, 4) is 5.75 Å². The zero-order valence-electron chi connectivity index (χ0n) is 24.8. The summed E-state index contributed by atoms with van der Waals surface area (Å²) in [6, 6.07) is 7.31. The monoisotopic (exact) mass is 631 g/mol. The Kier molecular flexibility index (Phi) is 11.2. The first kappa shape index (κ1) is 32.4. The van der Waals surface area contributed by atoms with E-state index < -0.39 is 17.4 Å². The van der Waals surface area contributed by atoms with Crippen LogP contribution in [0.25, 0.3) is 0 Å². The molecular formula is C30H38ClN5O6S. The van der Waals surface area contributed by atoms with Crippen molar-refractivity contribution in [1.82, 2.24) is 25.2 Å². The predicted octanol–water partition coefficient (Wildman–Crippen LogP) is 4.00. The molecule has 0 radical (unpaired) electrons. The molecule has 13 heteroatoms. The summed E-state index contributed by atoms with van der Waals surface area (Å²) in [6.45, 7) is 9.57. The maximum Gasteiger partial charge on any atom is 0.410 e. The number of carbonyl (C=O) groups is 3. The van der Waals surface area contributed by atoms with Crippen molar-refractivity contribution in [2.45, 2.75) is 63.7 Å². The molecule has 3 N–H and O–H groups in total. The van der Waals surface area contributed by atoms with E-state index in [0.717, 1.165) is 28.0 Å². The van der Waals surface area contributed by atoms with Crippen LogP contribution >= 0.6 is 23.5 Å². The first-order valence-electron chi connectivity index (χ1n) is 14.2. The highest BCUT2D eigenvalue weighted by molar-refractivity contribution is 7.98. The van der Waals surface area contributed by atoms with E-state index in [9.17, 15) is 14.4 Å². The number of amides is 3. The van der Waals surface area contributed by atoms with Crippen molar-refractivity contribution in [1.29, 1.82) is 0 Å². The number of carbonyl (C=O) groups excluding carboxylic acids is 3. The van der Waals surface area contributed by atoms with Gasteiger partial charge in [0.05, 0.1) is 19.3 Å².